The molecule has 1 unspecified atom stereocenters. The van der Waals surface area contributed by atoms with Crippen molar-refractivity contribution in [2.24, 2.45) is 0 Å². The minimum atomic E-state index is -0.778. The number of nitrogens with zero attached hydrogens (tertiary/aromatic N) is 2. The van der Waals surface area contributed by atoms with Gasteiger partial charge < -0.3 is 15.2 Å². The lowest BCUT2D eigenvalue weighted by molar-refractivity contribution is 0.0846. The van der Waals surface area contributed by atoms with Crippen molar-refractivity contribution in [2.75, 3.05) is 13.2 Å². The summed E-state index contributed by atoms with van der Waals surface area (Å²) in [5.74, 6) is 0.420. The molecule has 1 heterocycles. The van der Waals surface area contributed by atoms with Crippen molar-refractivity contribution >= 4 is 17.4 Å². The maximum Gasteiger partial charge on any atom is 0.265 e. The first-order valence-electron chi connectivity index (χ1n) is 6.66. The highest BCUT2D eigenvalue weighted by Gasteiger charge is 2.16. The van der Waals surface area contributed by atoms with Crippen molar-refractivity contribution in [3.63, 3.8) is 0 Å². The molecule has 0 aliphatic rings. The summed E-state index contributed by atoms with van der Waals surface area (Å²) in [7, 11) is 0. The quantitative estimate of drug-likeness (QED) is 0.805. The lowest BCUT2D eigenvalue weighted by Gasteiger charge is -2.13. The van der Waals surface area contributed by atoms with Gasteiger partial charge in [-0.25, -0.2) is 0 Å². The molecule has 1 amide bonds. The third kappa shape index (κ3) is 4.51. The number of para-hydroxylation sites is 1. The minimum absolute atomic E-state index is 0.117. The smallest absolute Gasteiger partial charge is 0.265 e. The molecule has 7 heteroatoms. The van der Waals surface area contributed by atoms with Gasteiger partial charge in [0.1, 0.15) is 23.3 Å². The summed E-state index contributed by atoms with van der Waals surface area (Å²) in [5, 5.41) is 16.4. The van der Waals surface area contributed by atoms with E-state index in [4.69, 9.17) is 4.74 Å². The number of aromatic nitrogens is 2. The largest absolute Gasteiger partial charge is 0.491 e. The molecule has 6 nitrogen and oxygen atoms in total. The predicted octanol–water partition coefficient (Wildman–Crippen LogP) is 1.27. The molecule has 2 N–H and O–H groups in total. The second-order valence-corrected chi connectivity index (χ2v) is 5.14. The van der Waals surface area contributed by atoms with Gasteiger partial charge in [-0.1, -0.05) is 29.6 Å². The first-order valence-corrected chi connectivity index (χ1v) is 7.43. The van der Waals surface area contributed by atoms with Gasteiger partial charge in [-0.15, -0.1) is 5.10 Å². The molecule has 1 aromatic heterocycles. The molecule has 2 rings (SSSR count). The fourth-order valence-electron chi connectivity index (χ4n) is 1.67. The molecule has 1 atom stereocenters. The minimum Gasteiger partial charge on any atom is -0.491 e. The summed E-state index contributed by atoms with van der Waals surface area (Å²) in [6, 6.07) is 9.21. The van der Waals surface area contributed by atoms with Crippen molar-refractivity contribution in [3.05, 3.63) is 40.9 Å². The zero-order valence-corrected chi connectivity index (χ0v) is 12.5. The zero-order chi connectivity index (χ0) is 15.1. The molecule has 0 bridgehead atoms. The van der Waals surface area contributed by atoms with Gasteiger partial charge in [0, 0.05) is 6.54 Å². The molecule has 0 fully saturated rings. The maximum atomic E-state index is 11.9. The Bertz CT molecular complexity index is 574. The standard InChI is InChI=1S/C14H17N3O3S/c1-2-12-13(21-17-16-12)14(19)15-8-10(18)9-20-11-6-4-3-5-7-11/h3-7,10,18H,2,8-9H2,1H3,(H,15,19). The number of hydrogen-bond donors (Lipinski definition) is 2. The van der Waals surface area contributed by atoms with E-state index in [0.717, 1.165) is 11.5 Å². The highest BCUT2D eigenvalue weighted by molar-refractivity contribution is 7.08. The molecule has 2 aromatic rings. The molecule has 0 aliphatic heterocycles. The van der Waals surface area contributed by atoms with Crippen LogP contribution in [0, 0.1) is 0 Å². The van der Waals surface area contributed by atoms with Gasteiger partial charge in [-0.2, -0.15) is 0 Å². The second-order valence-electron chi connectivity index (χ2n) is 4.39. The first kappa shape index (κ1) is 15.4. The molecular formula is C14H17N3O3S. The Morgan fingerprint density at radius 3 is 2.90 bits per heavy atom. The van der Waals surface area contributed by atoms with E-state index in [1.165, 1.54) is 0 Å². The Balaban J connectivity index is 1.76. The number of rotatable bonds is 7. The highest BCUT2D eigenvalue weighted by atomic mass is 32.1. The molecule has 0 aliphatic carbocycles. The van der Waals surface area contributed by atoms with E-state index in [2.05, 4.69) is 14.9 Å². The van der Waals surface area contributed by atoms with Gasteiger partial charge in [-0.05, 0) is 30.1 Å². The Hall–Kier alpha value is -1.99. The average Bonchev–Trinajstić information content (AvgIpc) is 3.00. The number of carbonyl (C=O) groups excluding carboxylic acids is 1. The maximum absolute atomic E-state index is 11.9. The number of nitrogens with one attached hydrogen (secondary N) is 1. The van der Waals surface area contributed by atoms with Crippen LogP contribution in [-0.2, 0) is 6.42 Å². The zero-order valence-electron chi connectivity index (χ0n) is 11.7. The van der Waals surface area contributed by atoms with Gasteiger partial charge in [0.2, 0.25) is 0 Å². The third-order valence-corrected chi connectivity index (χ3v) is 3.55. The number of benzene rings is 1. The summed E-state index contributed by atoms with van der Waals surface area (Å²) < 4.78 is 9.17. The number of aliphatic hydroxyl groups excluding tert-OH is 1. The van der Waals surface area contributed by atoms with E-state index in [1.807, 2.05) is 37.3 Å². The van der Waals surface area contributed by atoms with Crippen LogP contribution in [0.5, 0.6) is 5.75 Å². The molecule has 0 saturated carbocycles. The van der Waals surface area contributed by atoms with Crippen LogP contribution in [0.4, 0.5) is 0 Å². The fourth-order valence-corrected chi connectivity index (χ4v) is 2.34. The Kier molecular flexibility index (Phi) is 5.65. The van der Waals surface area contributed by atoms with Crippen molar-refractivity contribution in [1.82, 2.24) is 14.9 Å². The molecule has 0 radical (unpaired) electrons. The number of aryl methyl sites for hydroxylation is 1. The lowest BCUT2D eigenvalue weighted by Crippen LogP contribution is -2.35. The number of aliphatic hydroxyl groups is 1. The highest BCUT2D eigenvalue weighted by Crippen LogP contribution is 2.11. The molecule has 1 aromatic carbocycles. The van der Waals surface area contributed by atoms with Crippen LogP contribution in [-0.4, -0.2) is 39.9 Å². The SMILES string of the molecule is CCc1nnsc1C(=O)NCC(O)COc1ccccc1. The Labute approximate surface area is 126 Å². The van der Waals surface area contributed by atoms with Crippen molar-refractivity contribution < 1.29 is 14.6 Å². The van der Waals surface area contributed by atoms with Gasteiger partial charge in [-0.3, -0.25) is 4.79 Å². The van der Waals surface area contributed by atoms with Crippen LogP contribution in [0.3, 0.4) is 0 Å². The van der Waals surface area contributed by atoms with Crippen LogP contribution >= 0.6 is 11.5 Å². The molecule has 21 heavy (non-hydrogen) atoms. The van der Waals surface area contributed by atoms with Crippen LogP contribution in [0.25, 0.3) is 0 Å². The van der Waals surface area contributed by atoms with Gasteiger partial charge in [0.15, 0.2) is 0 Å². The van der Waals surface area contributed by atoms with Crippen LogP contribution in [0.1, 0.15) is 22.3 Å². The van der Waals surface area contributed by atoms with Crippen molar-refractivity contribution in [1.29, 1.82) is 0 Å². The van der Waals surface area contributed by atoms with Crippen LogP contribution in [0.15, 0.2) is 30.3 Å². The molecular weight excluding hydrogens is 290 g/mol. The summed E-state index contributed by atoms with van der Waals surface area (Å²) in [4.78, 5) is 12.4. The van der Waals surface area contributed by atoms with E-state index in [1.54, 1.807) is 0 Å². The number of hydrogen-bond acceptors (Lipinski definition) is 6. The number of amides is 1. The normalized spacial score (nSPS) is 11.9. The Morgan fingerprint density at radius 2 is 2.19 bits per heavy atom. The Morgan fingerprint density at radius 1 is 1.43 bits per heavy atom. The van der Waals surface area contributed by atoms with E-state index in [9.17, 15) is 9.90 Å². The molecule has 0 saturated heterocycles. The van der Waals surface area contributed by atoms with Crippen LogP contribution in [0.2, 0.25) is 0 Å². The lowest BCUT2D eigenvalue weighted by atomic mass is 10.3. The second kappa shape index (κ2) is 7.70. The molecule has 112 valence electrons. The topological polar surface area (TPSA) is 84.3 Å². The summed E-state index contributed by atoms with van der Waals surface area (Å²) >= 11 is 1.06. The van der Waals surface area contributed by atoms with Gasteiger partial charge in [0.25, 0.3) is 5.91 Å². The monoisotopic (exact) mass is 307 g/mol. The summed E-state index contributed by atoms with van der Waals surface area (Å²) in [6.45, 7) is 2.15. The first-order chi connectivity index (χ1) is 10.2. The third-order valence-electron chi connectivity index (χ3n) is 2.78. The van der Waals surface area contributed by atoms with E-state index < -0.39 is 6.10 Å². The summed E-state index contributed by atoms with van der Waals surface area (Å²) in [6.07, 6.45) is -0.126. The van der Waals surface area contributed by atoms with E-state index in [0.29, 0.717) is 22.7 Å². The predicted molar refractivity (Wildman–Crippen MR) is 79.6 cm³/mol. The molecule has 0 spiro atoms. The summed E-state index contributed by atoms with van der Waals surface area (Å²) in [5.41, 5.74) is 0.674. The van der Waals surface area contributed by atoms with Crippen molar-refractivity contribution in [3.8, 4) is 5.75 Å². The number of ether oxygens (including phenoxy) is 1. The average molecular weight is 307 g/mol. The van der Waals surface area contributed by atoms with Gasteiger partial charge in [0.05, 0.1) is 5.69 Å². The van der Waals surface area contributed by atoms with Crippen molar-refractivity contribution in [2.45, 2.75) is 19.4 Å². The van der Waals surface area contributed by atoms with Crippen LogP contribution < -0.4 is 10.1 Å². The fraction of sp³-hybridized carbons (Fsp3) is 0.357. The number of carbonyl (C=O) groups is 1. The van der Waals surface area contributed by atoms with Gasteiger partial charge >= 0.3 is 0 Å². The van der Waals surface area contributed by atoms with E-state index >= 15 is 0 Å². The van der Waals surface area contributed by atoms with E-state index in [-0.39, 0.29) is 19.1 Å².